The number of aliphatic hydroxyl groups excluding tert-OH is 2. The number of nitrogens with two attached hydrogens (primary N) is 1. The number of nitrogens with one attached hydrogen (secondary N) is 3. The van der Waals surface area contributed by atoms with Crippen LogP contribution < -0.4 is 21.7 Å². The van der Waals surface area contributed by atoms with E-state index in [2.05, 4.69) is 10.6 Å². The summed E-state index contributed by atoms with van der Waals surface area (Å²) >= 11 is 0. The van der Waals surface area contributed by atoms with Crippen LogP contribution >= 0.6 is 0 Å². The Labute approximate surface area is 157 Å². The largest absolute Gasteiger partial charge is 0.480 e. The lowest BCUT2D eigenvalue weighted by atomic mass is 10.00. The van der Waals surface area contributed by atoms with Gasteiger partial charge in [0.2, 0.25) is 17.7 Å². The Kier molecular flexibility index (Phi) is 10.5. The van der Waals surface area contributed by atoms with Crippen LogP contribution in [0.2, 0.25) is 0 Å². The van der Waals surface area contributed by atoms with Crippen LogP contribution in [0.25, 0.3) is 0 Å². The highest BCUT2D eigenvalue weighted by molar-refractivity contribution is 5.94. The Morgan fingerprint density at radius 3 is 1.63 bits per heavy atom. The Bertz CT molecular complexity index is 539. The first-order valence-electron chi connectivity index (χ1n) is 8.57. The molecule has 0 aromatic rings. The number of hydrogen-bond donors (Lipinski definition) is 7. The van der Waals surface area contributed by atoms with Crippen molar-refractivity contribution in [1.29, 1.82) is 0 Å². The standard InChI is InChI=1S/C16H30N4O7/c1-7(2)11(17)14(24)20-12(8(3)4)15(25)18-9(5-21)13(23)19-10(6-22)16(26)27/h7-12,21-22H,5-6,17H2,1-4H3,(H,18,25)(H,19,23)(H,20,24)(H,26,27). The van der Waals surface area contributed by atoms with Gasteiger partial charge in [0.25, 0.3) is 0 Å². The molecule has 3 amide bonds. The minimum atomic E-state index is -1.58. The van der Waals surface area contributed by atoms with E-state index >= 15 is 0 Å². The fourth-order valence-corrected chi connectivity index (χ4v) is 2.00. The van der Waals surface area contributed by atoms with Gasteiger partial charge in [0, 0.05) is 0 Å². The zero-order chi connectivity index (χ0) is 21.3. The molecule has 0 radical (unpaired) electrons. The van der Waals surface area contributed by atoms with E-state index in [4.69, 9.17) is 15.9 Å². The molecule has 0 fully saturated rings. The predicted molar refractivity (Wildman–Crippen MR) is 95.3 cm³/mol. The summed E-state index contributed by atoms with van der Waals surface area (Å²) in [5.41, 5.74) is 5.76. The normalized spacial score (nSPS) is 15.6. The molecule has 11 heteroatoms. The highest BCUT2D eigenvalue weighted by Crippen LogP contribution is 2.05. The number of carbonyl (C=O) groups excluding carboxylic acids is 3. The summed E-state index contributed by atoms with van der Waals surface area (Å²) in [6, 6.07) is -4.87. The van der Waals surface area contributed by atoms with E-state index in [1.54, 1.807) is 27.7 Å². The van der Waals surface area contributed by atoms with Crippen molar-refractivity contribution in [3.8, 4) is 0 Å². The Morgan fingerprint density at radius 2 is 1.26 bits per heavy atom. The monoisotopic (exact) mass is 390 g/mol. The van der Waals surface area contributed by atoms with Gasteiger partial charge in [0.1, 0.15) is 18.1 Å². The molecule has 0 spiro atoms. The molecule has 0 aromatic heterocycles. The number of aliphatic carboxylic acids is 1. The second-order valence-corrected chi connectivity index (χ2v) is 6.83. The highest BCUT2D eigenvalue weighted by Gasteiger charge is 2.31. The van der Waals surface area contributed by atoms with Crippen molar-refractivity contribution in [3.63, 3.8) is 0 Å². The Balaban J connectivity index is 5.10. The van der Waals surface area contributed by atoms with Crippen LogP contribution in [0.3, 0.4) is 0 Å². The van der Waals surface area contributed by atoms with Crippen LogP contribution in [0.1, 0.15) is 27.7 Å². The maximum atomic E-state index is 12.5. The third kappa shape index (κ3) is 7.89. The number of aliphatic hydroxyl groups is 2. The molecule has 0 aliphatic rings. The molecule has 0 saturated carbocycles. The van der Waals surface area contributed by atoms with Gasteiger partial charge in [-0.25, -0.2) is 4.79 Å². The van der Waals surface area contributed by atoms with Crippen molar-refractivity contribution in [3.05, 3.63) is 0 Å². The van der Waals surface area contributed by atoms with Crippen molar-refractivity contribution in [1.82, 2.24) is 16.0 Å². The third-order valence-corrected chi connectivity index (χ3v) is 3.88. The molecule has 0 aliphatic carbocycles. The van der Waals surface area contributed by atoms with Gasteiger partial charge >= 0.3 is 5.97 Å². The molecule has 0 saturated heterocycles. The number of rotatable bonds is 11. The minimum Gasteiger partial charge on any atom is -0.480 e. The smallest absolute Gasteiger partial charge is 0.328 e. The van der Waals surface area contributed by atoms with Gasteiger partial charge in [-0.3, -0.25) is 14.4 Å². The van der Waals surface area contributed by atoms with E-state index in [0.29, 0.717) is 0 Å². The van der Waals surface area contributed by atoms with Crippen molar-refractivity contribution < 1.29 is 34.5 Å². The van der Waals surface area contributed by atoms with E-state index < -0.39 is 61.1 Å². The van der Waals surface area contributed by atoms with E-state index in [-0.39, 0.29) is 11.8 Å². The maximum absolute atomic E-state index is 12.5. The lowest BCUT2D eigenvalue weighted by Gasteiger charge is -2.26. The summed E-state index contributed by atoms with van der Waals surface area (Å²) in [7, 11) is 0. The van der Waals surface area contributed by atoms with E-state index in [1.165, 1.54) is 0 Å². The molecule has 0 bridgehead atoms. The number of carboxylic acid groups (broad SMARTS) is 1. The van der Waals surface area contributed by atoms with Crippen LogP contribution in [0.4, 0.5) is 0 Å². The summed E-state index contributed by atoms with van der Waals surface area (Å²) in [5.74, 6) is -4.22. The van der Waals surface area contributed by atoms with Crippen LogP contribution in [-0.2, 0) is 19.2 Å². The number of hydrogen-bond acceptors (Lipinski definition) is 7. The lowest BCUT2D eigenvalue weighted by Crippen LogP contribution is -2.59. The Morgan fingerprint density at radius 1 is 0.778 bits per heavy atom. The van der Waals surface area contributed by atoms with Crippen molar-refractivity contribution >= 4 is 23.7 Å². The zero-order valence-electron chi connectivity index (χ0n) is 15.9. The summed E-state index contributed by atoms with van der Waals surface area (Å²) in [6.07, 6.45) is 0. The Hall–Kier alpha value is -2.24. The quantitative estimate of drug-likeness (QED) is 0.196. The lowest BCUT2D eigenvalue weighted by molar-refractivity contribution is -0.143. The fraction of sp³-hybridized carbons (Fsp3) is 0.750. The molecule has 4 unspecified atom stereocenters. The zero-order valence-corrected chi connectivity index (χ0v) is 15.9. The van der Waals surface area contributed by atoms with E-state index in [9.17, 15) is 24.3 Å². The molecule has 0 rings (SSSR count). The topological polar surface area (TPSA) is 191 Å². The number of carbonyl (C=O) groups is 4. The summed E-state index contributed by atoms with van der Waals surface area (Å²) < 4.78 is 0. The van der Waals surface area contributed by atoms with Crippen LogP contribution in [-0.4, -0.2) is 76.4 Å². The average molecular weight is 390 g/mol. The predicted octanol–water partition coefficient (Wildman–Crippen LogP) is -2.85. The first-order valence-corrected chi connectivity index (χ1v) is 8.57. The minimum absolute atomic E-state index is 0.150. The molecule has 27 heavy (non-hydrogen) atoms. The van der Waals surface area contributed by atoms with Crippen LogP contribution in [0, 0.1) is 11.8 Å². The first kappa shape index (κ1) is 24.8. The number of amides is 3. The van der Waals surface area contributed by atoms with E-state index in [1.807, 2.05) is 5.32 Å². The van der Waals surface area contributed by atoms with Crippen molar-refractivity contribution in [2.45, 2.75) is 51.9 Å². The molecule has 0 aromatic carbocycles. The van der Waals surface area contributed by atoms with Gasteiger partial charge in [0.05, 0.1) is 19.3 Å². The van der Waals surface area contributed by atoms with Gasteiger partial charge in [-0.2, -0.15) is 0 Å². The molecule has 11 nitrogen and oxygen atoms in total. The first-order chi connectivity index (χ1) is 12.5. The van der Waals surface area contributed by atoms with Gasteiger partial charge in [-0.15, -0.1) is 0 Å². The summed E-state index contributed by atoms with van der Waals surface area (Å²) in [4.78, 5) is 47.4. The van der Waals surface area contributed by atoms with Gasteiger partial charge in [-0.1, -0.05) is 27.7 Å². The summed E-state index contributed by atoms with van der Waals surface area (Å²) in [6.45, 7) is 5.18. The van der Waals surface area contributed by atoms with Crippen LogP contribution in [0.15, 0.2) is 0 Å². The van der Waals surface area contributed by atoms with Gasteiger partial charge in [-0.05, 0) is 11.8 Å². The third-order valence-electron chi connectivity index (χ3n) is 3.88. The summed E-state index contributed by atoms with van der Waals surface area (Å²) in [5, 5.41) is 33.9. The average Bonchev–Trinajstić information content (AvgIpc) is 2.59. The van der Waals surface area contributed by atoms with Gasteiger partial charge < -0.3 is 37.0 Å². The maximum Gasteiger partial charge on any atom is 0.328 e. The fourth-order valence-electron chi connectivity index (χ4n) is 2.00. The second-order valence-electron chi connectivity index (χ2n) is 6.83. The SMILES string of the molecule is CC(C)C(N)C(=O)NC(C(=O)NC(CO)C(=O)NC(CO)C(=O)O)C(C)C. The molecule has 8 N–H and O–H groups in total. The number of carboxylic acids is 1. The molecule has 4 atom stereocenters. The molecule has 0 heterocycles. The highest BCUT2D eigenvalue weighted by atomic mass is 16.4. The molecule has 156 valence electrons. The second kappa shape index (κ2) is 11.5. The molecular formula is C16H30N4O7. The van der Waals surface area contributed by atoms with Crippen molar-refractivity contribution in [2.24, 2.45) is 17.6 Å². The van der Waals surface area contributed by atoms with Crippen molar-refractivity contribution in [2.75, 3.05) is 13.2 Å². The van der Waals surface area contributed by atoms with Gasteiger partial charge in [0.15, 0.2) is 0 Å². The van der Waals surface area contributed by atoms with Crippen LogP contribution in [0.5, 0.6) is 0 Å². The van der Waals surface area contributed by atoms with E-state index in [0.717, 1.165) is 0 Å². The molecule has 0 aliphatic heterocycles. The molecular weight excluding hydrogens is 360 g/mol.